The van der Waals surface area contributed by atoms with Crippen molar-refractivity contribution in [2.75, 3.05) is 11.5 Å². The fraction of sp³-hybridized carbons (Fsp3) is 0.360. The van der Waals surface area contributed by atoms with Crippen molar-refractivity contribution in [3.05, 3.63) is 59.2 Å². The molecule has 0 saturated carbocycles. The third-order valence-corrected chi connectivity index (χ3v) is 5.65. The summed E-state index contributed by atoms with van der Waals surface area (Å²) >= 11 is 0. The molecule has 1 amide bonds. The van der Waals surface area contributed by atoms with Gasteiger partial charge in [-0.1, -0.05) is 32.1 Å². The van der Waals surface area contributed by atoms with Crippen LogP contribution in [-0.4, -0.2) is 23.8 Å². The quantitative estimate of drug-likeness (QED) is 0.657. The van der Waals surface area contributed by atoms with Crippen molar-refractivity contribution in [2.24, 2.45) is 4.99 Å². The molecule has 4 nitrogen and oxygen atoms in total. The van der Waals surface area contributed by atoms with E-state index >= 15 is 0 Å². The molecule has 2 aromatic carbocycles. The van der Waals surface area contributed by atoms with Gasteiger partial charge in [-0.25, -0.2) is 4.99 Å². The highest BCUT2D eigenvalue weighted by atomic mass is 16.5. The van der Waals surface area contributed by atoms with Crippen molar-refractivity contribution in [3.8, 4) is 5.75 Å². The van der Waals surface area contributed by atoms with Gasteiger partial charge in [0.1, 0.15) is 11.5 Å². The largest absolute Gasteiger partial charge is 0.494 e. The zero-order valence-electron chi connectivity index (χ0n) is 18.0. The zero-order valence-corrected chi connectivity index (χ0v) is 18.0. The minimum Gasteiger partial charge on any atom is -0.494 e. The minimum absolute atomic E-state index is 0.0587. The van der Waals surface area contributed by atoms with E-state index in [1.807, 2.05) is 36.1 Å². The summed E-state index contributed by atoms with van der Waals surface area (Å²) in [6, 6.07) is 12.1. The summed E-state index contributed by atoms with van der Waals surface area (Å²) in [5, 5.41) is 0. The van der Waals surface area contributed by atoms with Gasteiger partial charge in [-0.2, -0.15) is 0 Å². The fourth-order valence-corrected chi connectivity index (χ4v) is 4.30. The average Bonchev–Trinajstić information content (AvgIpc) is 2.93. The van der Waals surface area contributed by atoms with E-state index in [1.54, 1.807) is 0 Å². The Kier molecular flexibility index (Phi) is 4.60. The molecule has 0 aromatic heterocycles. The molecule has 0 unspecified atom stereocenters. The van der Waals surface area contributed by atoms with Crippen molar-refractivity contribution < 1.29 is 9.53 Å². The van der Waals surface area contributed by atoms with E-state index in [0.29, 0.717) is 18.2 Å². The number of hydrogen-bond acceptors (Lipinski definition) is 3. The van der Waals surface area contributed by atoms with Gasteiger partial charge in [-0.3, -0.25) is 9.69 Å². The van der Waals surface area contributed by atoms with Gasteiger partial charge < -0.3 is 4.74 Å². The van der Waals surface area contributed by atoms with E-state index < -0.39 is 5.54 Å². The van der Waals surface area contributed by atoms with Crippen LogP contribution in [0, 0.1) is 0 Å². The van der Waals surface area contributed by atoms with Crippen LogP contribution in [0.4, 0.5) is 11.4 Å². The third kappa shape index (κ3) is 3.17. The Morgan fingerprint density at radius 3 is 2.38 bits per heavy atom. The highest BCUT2D eigenvalue weighted by Gasteiger charge is 2.45. The average molecular weight is 389 g/mol. The summed E-state index contributed by atoms with van der Waals surface area (Å²) < 4.78 is 5.80. The maximum atomic E-state index is 13.5. The van der Waals surface area contributed by atoms with Crippen LogP contribution in [0.15, 0.2) is 47.5 Å². The molecule has 4 heteroatoms. The van der Waals surface area contributed by atoms with Gasteiger partial charge in [0.25, 0.3) is 5.91 Å². The van der Waals surface area contributed by atoms with Crippen LogP contribution in [0.5, 0.6) is 5.75 Å². The van der Waals surface area contributed by atoms with Crippen molar-refractivity contribution in [3.63, 3.8) is 0 Å². The highest BCUT2D eigenvalue weighted by Crippen LogP contribution is 2.47. The molecule has 4 rings (SSSR count). The monoisotopic (exact) mass is 388 g/mol. The first-order chi connectivity index (χ1) is 13.7. The first-order valence-corrected chi connectivity index (χ1v) is 10.3. The second kappa shape index (κ2) is 6.87. The molecule has 0 N–H and O–H groups in total. The lowest BCUT2D eigenvalue weighted by atomic mass is 9.89. The molecule has 0 radical (unpaired) electrons. The highest BCUT2D eigenvalue weighted by molar-refractivity contribution is 6.55. The molecule has 29 heavy (non-hydrogen) atoms. The zero-order chi connectivity index (χ0) is 20.9. The second-order valence-electron chi connectivity index (χ2n) is 8.63. The number of allylic oxidation sites excluding steroid dienone is 1. The molecular formula is C25H28N2O2. The van der Waals surface area contributed by atoms with Gasteiger partial charge in [-0.05, 0) is 69.0 Å². The molecule has 150 valence electrons. The molecule has 0 bridgehead atoms. The number of ether oxygens (including phenoxy) is 1. The third-order valence-electron chi connectivity index (χ3n) is 5.65. The van der Waals surface area contributed by atoms with Gasteiger partial charge in [0.05, 0.1) is 23.5 Å². The Hall–Kier alpha value is -2.88. The van der Waals surface area contributed by atoms with Crippen LogP contribution in [-0.2, 0) is 4.79 Å². The Balaban J connectivity index is 1.90. The van der Waals surface area contributed by atoms with Crippen molar-refractivity contribution in [1.29, 1.82) is 0 Å². The topological polar surface area (TPSA) is 41.9 Å². The number of rotatable bonds is 4. The number of benzene rings is 2. The van der Waals surface area contributed by atoms with Gasteiger partial charge >= 0.3 is 0 Å². The summed E-state index contributed by atoms with van der Waals surface area (Å²) in [6.45, 7) is 13.1. The van der Waals surface area contributed by atoms with Crippen LogP contribution >= 0.6 is 0 Å². The fourth-order valence-electron chi connectivity index (χ4n) is 4.30. The normalized spacial score (nSPS) is 18.3. The molecule has 2 heterocycles. The van der Waals surface area contributed by atoms with E-state index in [0.717, 1.165) is 33.8 Å². The van der Waals surface area contributed by atoms with E-state index in [4.69, 9.17) is 9.73 Å². The number of amides is 1. The van der Waals surface area contributed by atoms with Gasteiger partial charge in [0, 0.05) is 11.1 Å². The summed E-state index contributed by atoms with van der Waals surface area (Å²) in [5.41, 5.74) is 6.11. The van der Waals surface area contributed by atoms with E-state index in [1.165, 1.54) is 5.56 Å². The molecule has 0 atom stereocenters. The lowest BCUT2D eigenvalue weighted by molar-refractivity contribution is -0.112. The van der Waals surface area contributed by atoms with E-state index in [2.05, 4.69) is 52.8 Å². The Labute approximate surface area is 172 Å². The molecule has 2 aliphatic heterocycles. The number of anilines is 1. The van der Waals surface area contributed by atoms with Crippen LogP contribution in [0.25, 0.3) is 5.57 Å². The molecule has 2 aromatic rings. The molecule has 0 fully saturated rings. The molecule has 0 saturated heterocycles. The number of hydrogen-bond donors (Lipinski definition) is 0. The number of carbonyl (C=O) groups excluding carboxylic acids is 1. The van der Waals surface area contributed by atoms with Gasteiger partial charge in [0.15, 0.2) is 0 Å². The maximum absolute atomic E-state index is 13.5. The Morgan fingerprint density at radius 1 is 1.10 bits per heavy atom. The predicted molar refractivity (Wildman–Crippen MR) is 120 cm³/mol. The van der Waals surface area contributed by atoms with Crippen LogP contribution < -0.4 is 9.64 Å². The van der Waals surface area contributed by atoms with E-state index in [-0.39, 0.29) is 5.91 Å². The standard InChI is InChI=1S/C25H28N2O2/c1-7-29-19-12-20-16(4)14-25(5,6)27-23(20)21(13-19)22(24(27)28)26-18-10-8-17(9-11-18)15(2)3/h8-15H,7H2,1-6H3. The maximum Gasteiger partial charge on any atom is 0.278 e. The molecule has 0 aliphatic carbocycles. The summed E-state index contributed by atoms with van der Waals surface area (Å²) in [7, 11) is 0. The molecule has 0 spiro atoms. The van der Waals surface area contributed by atoms with Crippen LogP contribution in [0.3, 0.4) is 0 Å². The van der Waals surface area contributed by atoms with Gasteiger partial charge in [0.2, 0.25) is 0 Å². The number of aliphatic imine (C=N–C) groups is 1. The minimum atomic E-state index is -0.408. The summed E-state index contributed by atoms with van der Waals surface area (Å²) in [6.07, 6.45) is 2.15. The smallest absolute Gasteiger partial charge is 0.278 e. The lowest BCUT2D eigenvalue weighted by Crippen LogP contribution is -2.47. The first-order valence-electron chi connectivity index (χ1n) is 10.3. The second-order valence-corrected chi connectivity index (χ2v) is 8.63. The van der Waals surface area contributed by atoms with Gasteiger partial charge in [-0.15, -0.1) is 0 Å². The molecular weight excluding hydrogens is 360 g/mol. The Morgan fingerprint density at radius 2 is 1.76 bits per heavy atom. The van der Waals surface area contributed by atoms with Crippen molar-refractivity contribution in [2.45, 2.75) is 53.0 Å². The SMILES string of the molecule is CCOc1cc2c3c(c1)C(=Nc1ccc(C(C)C)cc1)C(=O)N3C(C)(C)C=C2C. The predicted octanol–water partition coefficient (Wildman–Crippen LogP) is 5.87. The molecule has 2 aliphatic rings. The summed E-state index contributed by atoms with van der Waals surface area (Å²) in [4.78, 5) is 20.1. The number of nitrogens with zero attached hydrogens (tertiary/aromatic N) is 2. The Bertz CT molecular complexity index is 1040. The summed E-state index contributed by atoms with van der Waals surface area (Å²) in [5.74, 6) is 1.17. The van der Waals surface area contributed by atoms with E-state index in [9.17, 15) is 4.79 Å². The lowest BCUT2D eigenvalue weighted by Gasteiger charge is -2.38. The van der Waals surface area contributed by atoms with Crippen molar-refractivity contribution >= 4 is 28.6 Å². The van der Waals surface area contributed by atoms with Crippen LogP contribution in [0.1, 0.15) is 64.2 Å². The first kappa shape index (κ1) is 19.4. The van der Waals surface area contributed by atoms with Crippen LogP contribution in [0.2, 0.25) is 0 Å². The van der Waals surface area contributed by atoms with Crippen molar-refractivity contribution in [1.82, 2.24) is 0 Å². The number of carbonyl (C=O) groups is 1.